The number of carbonyl (C=O) groups is 1. The van der Waals surface area contributed by atoms with Gasteiger partial charge in [0.15, 0.2) is 17.5 Å². The summed E-state index contributed by atoms with van der Waals surface area (Å²) >= 11 is 0. The molecule has 0 aliphatic carbocycles. The maximum atomic E-state index is 13.9. The number of halogens is 4. The second kappa shape index (κ2) is 8.93. The number of rotatable bonds is 7. The van der Waals surface area contributed by atoms with E-state index in [1.165, 1.54) is 25.4 Å². The summed E-state index contributed by atoms with van der Waals surface area (Å²) in [5.41, 5.74) is 6.25. The van der Waals surface area contributed by atoms with Crippen LogP contribution < -0.4 is 15.8 Å². The fourth-order valence-corrected chi connectivity index (χ4v) is 3.24. The summed E-state index contributed by atoms with van der Waals surface area (Å²) in [6, 6.07) is 9.72. The number of anilines is 1. The lowest BCUT2D eigenvalue weighted by Gasteiger charge is -2.17. The lowest BCUT2D eigenvalue weighted by atomic mass is 10.0. The van der Waals surface area contributed by atoms with Crippen LogP contribution in [-0.2, 0) is 4.79 Å². The van der Waals surface area contributed by atoms with Crippen LogP contribution >= 0.6 is 0 Å². The molecule has 0 atom stereocenters. The molecule has 11 heteroatoms. The van der Waals surface area contributed by atoms with Gasteiger partial charge in [0.25, 0.3) is 5.91 Å². The highest BCUT2D eigenvalue weighted by atomic mass is 19.3. The number of methoxy groups -OCH3 is 1. The minimum atomic E-state index is -3.85. The monoisotopic (exact) mass is 471 g/mol. The Kier molecular flexibility index (Phi) is 6.01. The summed E-state index contributed by atoms with van der Waals surface area (Å²) in [5.74, 6) is -7.39. The first kappa shape index (κ1) is 22.9. The summed E-state index contributed by atoms with van der Waals surface area (Å²) < 4.78 is 60.6. The van der Waals surface area contributed by atoms with Crippen molar-refractivity contribution < 1.29 is 27.1 Å². The first-order chi connectivity index (χ1) is 16.2. The van der Waals surface area contributed by atoms with Crippen molar-refractivity contribution in [2.45, 2.75) is 5.92 Å². The van der Waals surface area contributed by atoms with Gasteiger partial charge in [0.05, 0.1) is 13.7 Å². The standard InChI is InChI=1S/C23H17F4N5O2/c1-34-18-9-14(12-4-5-16(24)17(25)8-12)7-15-19(18)31-20(13-3-2-6-29-10-13)32-21(15)30-11-23(26,27)22(28)33/h2-10H,11H2,1H3,(H2,28,33)(H,30,31,32). The van der Waals surface area contributed by atoms with Crippen LogP contribution in [0.5, 0.6) is 5.75 Å². The van der Waals surface area contributed by atoms with Crippen LogP contribution in [-0.4, -0.2) is 40.4 Å². The topological polar surface area (TPSA) is 103 Å². The van der Waals surface area contributed by atoms with Crippen molar-refractivity contribution in [1.29, 1.82) is 0 Å². The average molecular weight is 471 g/mol. The van der Waals surface area contributed by atoms with Gasteiger partial charge in [0.1, 0.15) is 17.1 Å². The van der Waals surface area contributed by atoms with Crippen molar-refractivity contribution in [1.82, 2.24) is 15.0 Å². The van der Waals surface area contributed by atoms with E-state index in [4.69, 9.17) is 10.5 Å². The summed E-state index contributed by atoms with van der Waals surface area (Å²) in [6.45, 7) is -1.13. The van der Waals surface area contributed by atoms with E-state index < -0.39 is 30.0 Å². The molecule has 0 unspecified atom stereocenters. The van der Waals surface area contributed by atoms with Crippen LogP contribution in [0.1, 0.15) is 0 Å². The zero-order valence-electron chi connectivity index (χ0n) is 17.7. The van der Waals surface area contributed by atoms with Gasteiger partial charge >= 0.3 is 5.92 Å². The van der Waals surface area contributed by atoms with Gasteiger partial charge in [-0.2, -0.15) is 8.78 Å². The number of carbonyl (C=O) groups excluding carboxylic acids is 1. The van der Waals surface area contributed by atoms with E-state index in [0.29, 0.717) is 16.7 Å². The molecule has 2 heterocycles. The predicted molar refractivity (Wildman–Crippen MR) is 117 cm³/mol. The number of fused-ring (bicyclic) bond motifs is 1. The Morgan fingerprint density at radius 1 is 1.06 bits per heavy atom. The van der Waals surface area contributed by atoms with Crippen LogP contribution in [0.25, 0.3) is 33.4 Å². The van der Waals surface area contributed by atoms with Crippen LogP contribution in [0.15, 0.2) is 54.9 Å². The number of ether oxygens (including phenoxy) is 1. The number of nitrogens with two attached hydrogens (primary N) is 1. The van der Waals surface area contributed by atoms with Gasteiger partial charge in [-0.15, -0.1) is 0 Å². The van der Waals surface area contributed by atoms with Gasteiger partial charge in [-0.1, -0.05) is 6.07 Å². The van der Waals surface area contributed by atoms with E-state index in [2.05, 4.69) is 20.3 Å². The van der Waals surface area contributed by atoms with Crippen LogP contribution in [0.4, 0.5) is 23.4 Å². The molecule has 2 aromatic carbocycles. The molecule has 4 aromatic rings. The smallest absolute Gasteiger partial charge is 0.341 e. The molecule has 0 aliphatic rings. The predicted octanol–water partition coefficient (Wildman–Crippen LogP) is 4.18. The highest BCUT2D eigenvalue weighted by Gasteiger charge is 2.36. The van der Waals surface area contributed by atoms with E-state index in [0.717, 1.165) is 12.1 Å². The Morgan fingerprint density at radius 2 is 1.85 bits per heavy atom. The van der Waals surface area contributed by atoms with Gasteiger partial charge < -0.3 is 15.8 Å². The molecule has 0 saturated carbocycles. The normalized spacial score (nSPS) is 11.4. The summed E-state index contributed by atoms with van der Waals surface area (Å²) in [5, 5.41) is 2.70. The van der Waals surface area contributed by atoms with Crippen molar-refractivity contribution >= 4 is 22.6 Å². The third-order valence-corrected chi connectivity index (χ3v) is 5.00. The molecule has 1 amide bonds. The van der Waals surface area contributed by atoms with E-state index >= 15 is 0 Å². The first-order valence-electron chi connectivity index (χ1n) is 9.87. The molecule has 0 radical (unpaired) electrons. The summed E-state index contributed by atoms with van der Waals surface area (Å²) in [6.07, 6.45) is 3.04. The van der Waals surface area contributed by atoms with E-state index in [-0.39, 0.29) is 28.3 Å². The second-order valence-corrected chi connectivity index (χ2v) is 7.26. The maximum Gasteiger partial charge on any atom is 0.341 e. The Bertz CT molecular complexity index is 1380. The highest BCUT2D eigenvalue weighted by molar-refractivity contribution is 5.98. The fraction of sp³-hybridized carbons (Fsp3) is 0.130. The van der Waals surface area contributed by atoms with E-state index in [1.807, 2.05) is 0 Å². The number of primary amides is 1. The number of aromatic nitrogens is 3. The van der Waals surface area contributed by atoms with Gasteiger partial charge in [0.2, 0.25) is 0 Å². The quantitative estimate of drug-likeness (QED) is 0.392. The molecular weight excluding hydrogens is 454 g/mol. The van der Waals surface area contributed by atoms with Crippen LogP contribution in [0, 0.1) is 11.6 Å². The first-order valence-corrected chi connectivity index (χ1v) is 9.87. The largest absolute Gasteiger partial charge is 0.494 e. The molecule has 4 rings (SSSR count). The molecule has 2 aromatic heterocycles. The lowest BCUT2D eigenvalue weighted by molar-refractivity contribution is -0.139. The van der Waals surface area contributed by atoms with Gasteiger partial charge in [-0.25, -0.2) is 18.7 Å². The van der Waals surface area contributed by atoms with Crippen molar-refractivity contribution in [3.05, 3.63) is 66.5 Å². The molecule has 34 heavy (non-hydrogen) atoms. The Labute approximate surface area is 190 Å². The highest BCUT2D eigenvalue weighted by Crippen LogP contribution is 2.36. The van der Waals surface area contributed by atoms with E-state index in [9.17, 15) is 22.4 Å². The molecule has 0 bridgehead atoms. The van der Waals surface area contributed by atoms with Crippen molar-refractivity contribution in [2.75, 3.05) is 19.0 Å². The average Bonchev–Trinajstić information content (AvgIpc) is 2.83. The lowest BCUT2D eigenvalue weighted by Crippen LogP contribution is -2.41. The second-order valence-electron chi connectivity index (χ2n) is 7.26. The number of hydrogen-bond donors (Lipinski definition) is 2. The zero-order valence-corrected chi connectivity index (χ0v) is 17.7. The molecule has 3 N–H and O–H groups in total. The SMILES string of the molecule is COc1cc(-c2ccc(F)c(F)c2)cc2c(NCC(F)(F)C(N)=O)nc(-c3cccnc3)nc12. The number of nitrogens with one attached hydrogen (secondary N) is 1. The molecule has 7 nitrogen and oxygen atoms in total. The summed E-state index contributed by atoms with van der Waals surface area (Å²) in [7, 11) is 1.38. The molecule has 0 fully saturated rings. The van der Waals surface area contributed by atoms with Crippen molar-refractivity contribution in [2.24, 2.45) is 5.73 Å². The molecule has 174 valence electrons. The van der Waals surface area contributed by atoms with Gasteiger partial charge in [0, 0.05) is 23.3 Å². The number of pyridine rings is 1. The Balaban J connectivity index is 1.93. The van der Waals surface area contributed by atoms with Crippen molar-refractivity contribution in [3.63, 3.8) is 0 Å². The fourth-order valence-electron chi connectivity index (χ4n) is 3.24. The van der Waals surface area contributed by atoms with Crippen LogP contribution in [0.2, 0.25) is 0 Å². The minimum absolute atomic E-state index is 0.0486. The molecule has 0 spiro atoms. The Hall–Kier alpha value is -4.28. The maximum absolute atomic E-state index is 13.9. The van der Waals surface area contributed by atoms with Crippen LogP contribution in [0.3, 0.4) is 0 Å². The summed E-state index contributed by atoms with van der Waals surface area (Å²) in [4.78, 5) is 23.9. The number of alkyl halides is 2. The molecular formula is C23H17F4N5O2. The number of nitrogens with zero attached hydrogens (tertiary/aromatic N) is 3. The molecule has 0 saturated heterocycles. The third-order valence-electron chi connectivity index (χ3n) is 5.00. The number of amides is 1. The van der Waals surface area contributed by atoms with Gasteiger partial charge in [-0.05, 0) is 47.5 Å². The van der Waals surface area contributed by atoms with E-state index in [1.54, 1.807) is 24.4 Å². The van der Waals surface area contributed by atoms with Crippen molar-refractivity contribution in [3.8, 4) is 28.3 Å². The van der Waals surface area contributed by atoms with Gasteiger partial charge in [-0.3, -0.25) is 9.78 Å². The molecule has 0 aliphatic heterocycles. The third kappa shape index (κ3) is 4.45. The number of benzene rings is 2. The Morgan fingerprint density at radius 3 is 2.50 bits per heavy atom. The zero-order chi connectivity index (χ0) is 24.5. The minimum Gasteiger partial charge on any atom is -0.494 e. The number of hydrogen-bond acceptors (Lipinski definition) is 6.